The van der Waals surface area contributed by atoms with Crippen molar-refractivity contribution in [1.29, 1.82) is 0 Å². The molecular weight excluding hydrogens is 220 g/mol. The van der Waals surface area contributed by atoms with Crippen molar-refractivity contribution in [2.75, 3.05) is 0 Å². The number of nitrogens with zero attached hydrogens (tertiary/aromatic N) is 4. The molecule has 2 aromatic rings. The summed E-state index contributed by atoms with van der Waals surface area (Å²) < 4.78 is 6.35. The van der Waals surface area contributed by atoms with Crippen LogP contribution in [0.1, 0.15) is 25.6 Å². The Bertz CT molecular complexity index is 544. The molecule has 0 N–H and O–H groups in total. The van der Waals surface area contributed by atoms with Gasteiger partial charge < -0.3 is 4.52 Å². The van der Waals surface area contributed by atoms with E-state index in [0.29, 0.717) is 17.6 Å². The minimum absolute atomic E-state index is 0.184. The molecule has 0 aliphatic rings. The average Bonchev–Trinajstić information content (AvgIpc) is 2.68. The second kappa shape index (κ2) is 4.90. The fraction of sp³-hybridized carbons (Fsp3) is 0.455. The van der Waals surface area contributed by atoms with Crippen LogP contribution in [0.5, 0.6) is 0 Å². The lowest BCUT2D eigenvalue weighted by molar-refractivity contribution is 0.357. The van der Waals surface area contributed by atoms with Crippen molar-refractivity contribution in [1.82, 2.24) is 19.9 Å². The summed E-state index contributed by atoms with van der Waals surface area (Å²) >= 11 is 0. The zero-order chi connectivity index (χ0) is 12.3. The van der Waals surface area contributed by atoms with Gasteiger partial charge in [-0.15, -0.1) is 0 Å². The Balaban J connectivity index is 2.12. The SMILES string of the molecule is CC(C)Cc1noc(Cn2ncccc2=O)n1. The Kier molecular flexibility index (Phi) is 3.32. The predicted octanol–water partition coefficient (Wildman–Crippen LogP) is 0.873. The average molecular weight is 234 g/mol. The molecule has 6 heteroatoms. The van der Waals surface area contributed by atoms with E-state index in [1.165, 1.54) is 10.7 Å². The van der Waals surface area contributed by atoms with E-state index in [-0.39, 0.29) is 12.1 Å². The molecule has 0 aromatic carbocycles. The molecule has 90 valence electrons. The molecule has 6 nitrogen and oxygen atoms in total. The van der Waals surface area contributed by atoms with Crippen molar-refractivity contribution < 1.29 is 4.52 Å². The van der Waals surface area contributed by atoms with Crippen molar-refractivity contribution in [3.63, 3.8) is 0 Å². The monoisotopic (exact) mass is 234 g/mol. The van der Waals surface area contributed by atoms with Crippen molar-refractivity contribution in [3.05, 3.63) is 40.4 Å². The summed E-state index contributed by atoms with van der Waals surface area (Å²) in [6.07, 6.45) is 2.31. The van der Waals surface area contributed by atoms with E-state index in [0.717, 1.165) is 6.42 Å². The highest BCUT2D eigenvalue weighted by Crippen LogP contribution is 2.04. The van der Waals surface area contributed by atoms with Gasteiger partial charge in [0.1, 0.15) is 6.54 Å². The molecule has 2 rings (SSSR count). The Hall–Kier alpha value is -1.98. The highest BCUT2D eigenvalue weighted by atomic mass is 16.5. The first-order chi connectivity index (χ1) is 8.15. The van der Waals surface area contributed by atoms with Crippen molar-refractivity contribution >= 4 is 0 Å². The first-order valence-electron chi connectivity index (χ1n) is 5.49. The summed E-state index contributed by atoms with van der Waals surface area (Å²) in [6.45, 7) is 4.38. The molecule has 0 fully saturated rings. The number of rotatable bonds is 4. The van der Waals surface area contributed by atoms with E-state index in [4.69, 9.17) is 4.52 Å². The summed E-state index contributed by atoms with van der Waals surface area (Å²) in [5.74, 6) is 1.54. The van der Waals surface area contributed by atoms with Crippen molar-refractivity contribution in [3.8, 4) is 0 Å². The fourth-order valence-electron chi connectivity index (χ4n) is 1.44. The van der Waals surface area contributed by atoms with Gasteiger partial charge in [0, 0.05) is 18.7 Å². The molecule has 0 amide bonds. The van der Waals surface area contributed by atoms with Crippen LogP contribution in [0, 0.1) is 5.92 Å². The predicted molar refractivity (Wildman–Crippen MR) is 60.4 cm³/mol. The lowest BCUT2D eigenvalue weighted by Gasteiger charge is -1.98. The van der Waals surface area contributed by atoms with Crippen LogP contribution in [0.4, 0.5) is 0 Å². The van der Waals surface area contributed by atoms with Crippen LogP contribution in [-0.2, 0) is 13.0 Å². The van der Waals surface area contributed by atoms with Crippen LogP contribution in [0.25, 0.3) is 0 Å². The molecule has 0 aliphatic carbocycles. The Morgan fingerprint density at radius 2 is 2.29 bits per heavy atom. The van der Waals surface area contributed by atoms with E-state index >= 15 is 0 Å². The maximum atomic E-state index is 11.4. The maximum absolute atomic E-state index is 11.4. The van der Waals surface area contributed by atoms with Gasteiger partial charge in [0.25, 0.3) is 5.56 Å². The minimum atomic E-state index is -0.184. The van der Waals surface area contributed by atoms with E-state index in [2.05, 4.69) is 29.1 Å². The normalized spacial score (nSPS) is 11.0. The van der Waals surface area contributed by atoms with Gasteiger partial charge in [-0.1, -0.05) is 19.0 Å². The lowest BCUT2D eigenvalue weighted by Crippen LogP contribution is -2.21. The number of hydrogen-bond donors (Lipinski definition) is 0. The zero-order valence-corrected chi connectivity index (χ0v) is 9.83. The smallest absolute Gasteiger partial charge is 0.267 e. The molecule has 0 bridgehead atoms. The summed E-state index contributed by atoms with van der Waals surface area (Å²) in [5.41, 5.74) is -0.184. The second-order valence-corrected chi connectivity index (χ2v) is 4.22. The number of aromatic nitrogens is 4. The second-order valence-electron chi connectivity index (χ2n) is 4.22. The Morgan fingerprint density at radius 3 is 3.00 bits per heavy atom. The summed E-state index contributed by atoms with van der Waals surface area (Å²) in [5, 5.41) is 7.77. The van der Waals surface area contributed by atoms with Gasteiger partial charge in [-0.2, -0.15) is 10.1 Å². The highest BCUT2D eigenvalue weighted by Gasteiger charge is 2.09. The van der Waals surface area contributed by atoms with E-state index in [9.17, 15) is 4.79 Å². The number of hydrogen-bond acceptors (Lipinski definition) is 5. The molecule has 17 heavy (non-hydrogen) atoms. The Morgan fingerprint density at radius 1 is 1.47 bits per heavy atom. The Labute approximate surface area is 98.3 Å². The first kappa shape index (κ1) is 11.5. The van der Waals surface area contributed by atoms with Crippen LogP contribution in [0.15, 0.2) is 27.6 Å². The molecule has 2 heterocycles. The largest absolute Gasteiger partial charge is 0.337 e. The molecule has 0 saturated heterocycles. The van der Waals surface area contributed by atoms with Crippen LogP contribution in [-0.4, -0.2) is 19.9 Å². The zero-order valence-electron chi connectivity index (χ0n) is 9.83. The van der Waals surface area contributed by atoms with Gasteiger partial charge in [0.15, 0.2) is 5.82 Å². The van der Waals surface area contributed by atoms with E-state index in [1.54, 1.807) is 12.3 Å². The molecule has 0 saturated carbocycles. The molecular formula is C11H14N4O2. The third-order valence-electron chi connectivity index (χ3n) is 2.17. The molecule has 0 atom stereocenters. The van der Waals surface area contributed by atoms with Gasteiger partial charge in [0.05, 0.1) is 0 Å². The maximum Gasteiger partial charge on any atom is 0.267 e. The third kappa shape index (κ3) is 2.99. The first-order valence-corrected chi connectivity index (χ1v) is 5.49. The highest BCUT2D eigenvalue weighted by molar-refractivity contribution is 4.90. The van der Waals surface area contributed by atoms with Crippen molar-refractivity contribution in [2.45, 2.75) is 26.8 Å². The van der Waals surface area contributed by atoms with Crippen LogP contribution >= 0.6 is 0 Å². The quantitative estimate of drug-likeness (QED) is 0.784. The van der Waals surface area contributed by atoms with Crippen molar-refractivity contribution in [2.24, 2.45) is 5.92 Å². The van der Waals surface area contributed by atoms with Gasteiger partial charge in [0.2, 0.25) is 5.89 Å². The van der Waals surface area contributed by atoms with Gasteiger partial charge >= 0.3 is 0 Å². The summed E-state index contributed by atoms with van der Waals surface area (Å²) in [7, 11) is 0. The van der Waals surface area contributed by atoms with Crippen LogP contribution in [0.3, 0.4) is 0 Å². The topological polar surface area (TPSA) is 73.8 Å². The summed E-state index contributed by atoms with van der Waals surface area (Å²) in [4.78, 5) is 15.6. The van der Waals surface area contributed by atoms with E-state index in [1.807, 2.05) is 0 Å². The standard InChI is InChI=1S/C11H14N4O2/c1-8(2)6-9-13-10(17-14-9)7-15-11(16)4-3-5-12-15/h3-5,8H,6-7H2,1-2H3. The van der Waals surface area contributed by atoms with Gasteiger partial charge in [-0.3, -0.25) is 4.79 Å². The molecule has 2 aromatic heterocycles. The molecule has 0 aliphatic heterocycles. The van der Waals surface area contributed by atoms with E-state index < -0.39 is 0 Å². The molecule has 0 unspecified atom stereocenters. The molecule has 0 spiro atoms. The molecule has 0 radical (unpaired) electrons. The van der Waals surface area contributed by atoms with Gasteiger partial charge in [-0.05, 0) is 12.0 Å². The fourth-order valence-corrected chi connectivity index (χ4v) is 1.44. The van der Waals surface area contributed by atoms with Gasteiger partial charge in [-0.25, -0.2) is 4.68 Å². The minimum Gasteiger partial charge on any atom is -0.337 e. The summed E-state index contributed by atoms with van der Waals surface area (Å²) in [6, 6.07) is 3.04. The third-order valence-corrected chi connectivity index (χ3v) is 2.17. The van der Waals surface area contributed by atoms with Crippen LogP contribution < -0.4 is 5.56 Å². The van der Waals surface area contributed by atoms with Crippen LogP contribution in [0.2, 0.25) is 0 Å². The lowest BCUT2D eigenvalue weighted by atomic mass is 10.1.